The third-order valence-corrected chi connectivity index (χ3v) is 5.71. The summed E-state index contributed by atoms with van der Waals surface area (Å²) in [6.45, 7) is 4.63. The number of benzene rings is 1. The van der Waals surface area contributed by atoms with E-state index in [9.17, 15) is 9.59 Å². The van der Waals surface area contributed by atoms with E-state index >= 15 is 0 Å². The van der Waals surface area contributed by atoms with Gasteiger partial charge in [-0.3, -0.25) is 14.5 Å². The average molecular weight is 481 g/mol. The Kier molecular flexibility index (Phi) is 7.56. The molecule has 0 aliphatic rings. The van der Waals surface area contributed by atoms with Gasteiger partial charge in [-0.15, -0.1) is 5.10 Å². The quantitative estimate of drug-likeness (QED) is 0.322. The van der Waals surface area contributed by atoms with Crippen LogP contribution in [0.15, 0.2) is 51.9 Å². The van der Waals surface area contributed by atoms with Gasteiger partial charge in [-0.05, 0) is 60.2 Å². The number of pyridine rings is 1. The molecule has 0 saturated heterocycles. The van der Waals surface area contributed by atoms with Gasteiger partial charge in [0, 0.05) is 23.0 Å². The van der Waals surface area contributed by atoms with Crippen LogP contribution in [0.1, 0.15) is 43.5 Å². The highest BCUT2D eigenvalue weighted by atomic mass is 16.5. The molecule has 3 aromatic heterocycles. The van der Waals surface area contributed by atoms with E-state index in [0.29, 0.717) is 36.6 Å². The van der Waals surface area contributed by atoms with Crippen molar-refractivity contribution in [1.82, 2.24) is 30.1 Å². The number of esters is 1. The lowest BCUT2D eigenvalue weighted by atomic mass is 10.1. The minimum atomic E-state index is -0.423. The summed E-state index contributed by atoms with van der Waals surface area (Å²) in [5.41, 5.74) is 1.11. The van der Waals surface area contributed by atoms with Crippen LogP contribution in [-0.2, 0) is 29.2 Å². The molecule has 0 spiro atoms. The normalized spacial score (nSPS) is 12.2. The second-order valence-electron chi connectivity index (χ2n) is 7.99. The van der Waals surface area contributed by atoms with Crippen LogP contribution < -0.4 is 10.3 Å². The molecule has 184 valence electrons. The topological polar surface area (TPSA) is 128 Å². The van der Waals surface area contributed by atoms with Crippen LogP contribution >= 0.6 is 0 Å². The van der Waals surface area contributed by atoms with E-state index in [1.54, 1.807) is 26.4 Å². The fourth-order valence-electron chi connectivity index (χ4n) is 4.07. The largest absolute Gasteiger partial charge is 0.497 e. The maximum atomic E-state index is 13.0. The molecule has 0 amide bonds. The van der Waals surface area contributed by atoms with Crippen molar-refractivity contribution in [3.8, 4) is 5.75 Å². The first-order valence-corrected chi connectivity index (χ1v) is 11.4. The van der Waals surface area contributed by atoms with Gasteiger partial charge in [0.05, 0.1) is 32.6 Å². The van der Waals surface area contributed by atoms with Crippen LogP contribution in [0.4, 0.5) is 0 Å². The summed E-state index contributed by atoms with van der Waals surface area (Å²) in [6.07, 6.45) is 2.23. The van der Waals surface area contributed by atoms with Crippen molar-refractivity contribution in [2.45, 2.75) is 45.9 Å². The molecule has 0 aliphatic carbocycles. The van der Waals surface area contributed by atoms with E-state index in [1.807, 2.05) is 37.3 Å². The van der Waals surface area contributed by atoms with E-state index in [4.69, 9.17) is 13.9 Å². The summed E-state index contributed by atoms with van der Waals surface area (Å²) in [5, 5.41) is 12.9. The Morgan fingerprint density at radius 3 is 2.80 bits per heavy atom. The predicted octanol–water partition coefficient (Wildman–Crippen LogP) is 2.83. The van der Waals surface area contributed by atoms with Crippen molar-refractivity contribution in [3.63, 3.8) is 0 Å². The molecule has 0 bridgehead atoms. The van der Waals surface area contributed by atoms with Crippen molar-refractivity contribution < 1.29 is 18.7 Å². The Labute approximate surface area is 201 Å². The lowest BCUT2D eigenvalue weighted by Crippen LogP contribution is -2.32. The van der Waals surface area contributed by atoms with E-state index in [2.05, 4.69) is 25.4 Å². The van der Waals surface area contributed by atoms with Gasteiger partial charge in [-0.2, -0.15) is 0 Å². The molecule has 1 atom stereocenters. The van der Waals surface area contributed by atoms with E-state index in [-0.39, 0.29) is 24.8 Å². The van der Waals surface area contributed by atoms with Gasteiger partial charge in [-0.1, -0.05) is 6.92 Å². The number of carbonyl (C=O) groups is 1. The standard InChI is InChI=1S/C24H28N6O5/c1-4-21(23-26-27-28-30(23)15-22(31)34-5-2)29(14-19-7-6-10-35-19)13-17-11-16-12-18(33-3)8-9-20(16)25-24(17)32/h6-12,21H,4-5,13-15H2,1-3H3,(H,25,32). The molecule has 0 aliphatic heterocycles. The van der Waals surface area contributed by atoms with Crippen LogP contribution in [0.25, 0.3) is 10.9 Å². The van der Waals surface area contributed by atoms with E-state index < -0.39 is 5.97 Å². The molecule has 0 fully saturated rings. The molecule has 1 aromatic carbocycles. The SMILES string of the molecule is CCOC(=O)Cn1nnnc1C(CC)N(Cc1ccco1)Cc1cc2cc(OC)ccc2[nH]c1=O. The molecule has 35 heavy (non-hydrogen) atoms. The van der Waals surface area contributed by atoms with Gasteiger partial charge in [0.25, 0.3) is 5.56 Å². The summed E-state index contributed by atoms with van der Waals surface area (Å²) in [5.74, 6) is 1.51. The third-order valence-electron chi connectivity index (χ3n) is 5.71. The van der Waals surface area contributed by atoms with Crippen LogP contribution in [0.5, 0.6) is 5.75 Å². The highest BCUT2D eigenvalue weighted by molar-refractivity contribution is 5.80. The summed E-state index contributed by atoms with van der Waals surface area (Å²) >= 11 is 0. The van der Waals surface area contributed by atoms with Gasteiger partial charge in [0.1, 0.15) is 18.1 Å². The fraction of sp³-hybridized carbons (Fsp3) is 0.375. The van der Waals surface area contributed by atoms with Crippen molar-refractivity contribution in [3.05, 3.63) is 70.2 Å². The molecule has 4 rings (SSSR count). The number of furan rings is 1. The molecular formula is C24H28N6O5. The monoisotopic (exact) mass is 480 g/mol. The zero-order valence-corrected chi connectivity index (χ0v) is 19.9. The Morgan fingerprint density at radius 1 is 1.23 bits per heavy atom. The van der Waals surface area contributed by atoms with Crippen molar-refractivity contribution in [2.75, 3.05) is 13.7 Å². The Balaban J connectivity index is 1.70. The highest BCUT2D eigenvalue weighted by Gasteiger charge is 2.27. The Morgan fingerprint density at radius 2 is 2.09 bits per heavy atom. The number of rotatable bonds is 11. The molecule has 0 radical (unpaired) electrons. The lowest BCUT2D eigenvalue weighted by Gasteiger charge is -2.29. The predicted molar refractivity (Wildman–Crippen MR) is 127 cm³/mol. The maximum absolute atomic E-state index is 13.0. The summed E-state index contributed by atoms with van der Waals surface area (Å²) in [7, 11) is 1.60. The van der Waals surface area contributed by atoms with Crippen molar-refractivity contribution >= 4 is 16.9 Å². The molecule has 0 saturated carbocycles. The number of ether oxygens (including phenoxy) is 2. The fourth-order valence-corrected chi connectivity index (χ4v) is 4.07. The van der Waals surface area contributed by atoms with Gasteiger partial charge >= 0.3 is 5.97 Å². The second-order valence-corrected chi connectivity index (χ2v) is 7.99. The van der Waals surface area contributed by atoms with Gasteiger partial charge in [-0.25, -0.2) is 4.68 Å². The van der Waals surface area contributed by atoms with E-state index in [1.165, 1.54) is 4.68 Å². The number of fused-ring (bicyclic) bond motifs is 1. The highest BCUT2D eigenvalue weighted by Crippen LogP contribution is 2.27. The molecule has 11 heteroatoms. The second kappa shape index (κ2) is 11.0. The average Bonchev–Trinajstić information content (AvgIpc) is 3.52. The number of nitrogens with zero attached hydrogens (tertiary/aromatic N) is 5. The van der Waals surface area contributed by atoms with Crippen LogP contribution in [0, 0.1) is 0 Å². The van der Waals surface area contributed by atoms with Crippen molar-refractivity contribution in [1.29, 1.82) is 0 Å². The molecule has 11 nitrogen and oxygen atoms in total. The zero-order valence-electron chi connectivity index (χ0n) is 19.9. The van der Waals surface area contributed by atoms with Gasteiger partial charge in [0.2, 0.25) is 0 Å². The van der Waals surface area contributed by atoms with Crippen molar-refractivity contribution in [2.24, 2.45) is 0 Å². The molecular weight excluding hydrogens is 452 g/mol. The number of hydrogen-bond donors (Lipinski definition) is 1. The number of hydrogen-bond acceptors (Lipinski definition) is 9. The number of nitrogens with one attached hydrogen (secondary N) is 1. The third kappa shape index (κ3) is 5.57. The van der Waals surface area contributed by atoms with Crippen LogP contribution in [0.3, 0.4) is 0 Å². The first kappa shape index (κ1) is 24.1. The van der Waals surface area contributed by atoms with E-state index in [0.717, 1.165) is 16.7 Å². The lowest BCUT2D eigenvalue weighted by molar-refractivity contribution is -0.144. The number of methoxy groups -OCH3 is 1. The number of aromatic amines is 1. The molecule has 1 unspecified atom stereocenters. The van der Waals surface area contributed by atoms with Gasteiger partial charge in [0.15, 0.2) is 5.82 Å². The molecule has 3 heterocycles. The number of carbonyl (C=O) groups excluding carboxylic acids is 1. The summed E-state index contributed by atoms with van der Waals surface area (Å²) in [6, 6.07) is 10.7. The first-order chi connectivity index (χ1) is 17.0. The minimum Gasteiger partial charge on any atom is -0.497 e. The minimum absolute atomic E-state index is 0.0996. The Hall–Kier alpha value is -3.99. The van der Waals surface area contributed by atoms with Crippen LogP contribution in [-0.4, -0.2) is 49.8 Å². The van der Waals surface area contributed by atoms with Crippen LogP contribution in [0.2, 0.25) is 0 Å². The number of aromatic nitrogens is 5. The molecule has 1 N–H and O–H groups in total. The molecule has 4 aromatic rings. The zero-order chi connectivity index (χ0) is 24.8. The first-order valence-electron chi connectivity index (χ1n) is 11.4. The maximum Gasteiger partial charge on any atom is 0.327 e. The number of tetrazole rings is 1. The van der Waals surface area contributed by atoms with Gasteiger partial charge < -0.3 is 18.9 Å². The number of H-pyrrole nitrogens is 1. The summed E-state index contributed by atoms with van der Waals surface area (Å²) < 4.78 is 17.4. The summed E-state index contributed by atoms with van der Waals surface area (Å²) in [4.78, 5) is 30.1. The Bertz CT molecular complexity index is 1330. The smallest absolute Gasteiger partial charge is 0.327 e.